The highest BCUT2D eigenvalue weighted by molar-refractivity contribution is 4.91. The van der Waals surface area contributed by atoms with Crippen LogP contribution in [0.5, 0.6) is 0 Å². The second-order valence-corrected chi connectivity index (χ2v) is 6.03. The Kier molecular flexibility index (Phi) is 4.45. The minimum atomic E-state index is 0.355. The largest absolute Gasteiger partial charge is 0.373 e. The fraction of sp³-hybridized carbons (Fsp3) is 1.00. The van der Waals surface area contributed by atoms with Crippen LogP contribution >= 0.6 is 0 Å². The summed E-state index contributed by atoms with van der Waals surface area (Å²) in [7, 11) is 0. The molecule has 0 aromatic heterocycles. The first-order chi connectivity index (χ1) is 8.10. The van der Waals surface area contributed by atoms with Gasteiger partial charge in [-0.15, -0.1) is 0 Å². The fourth-order valence-electron chi connectivity index (χ4n) is 3.53. The predicted molar refractivity (Wildman–Crippen MR) is 71.0 cm³/mol. The van der Waals surface area contributed by atoms with Crippen LogP contribution in [0, 0.1) is 5.92 Å². The first kappa shape index (κ1) is 13.3. The summed E-state index contributed by atoms with van der Waals surface area (Å²) in [6, 6.07) is 0.956. The molecular formula is C14H28N2O. The van der Waals surface area contributed by atoms with E-state index in [9.17, 15) is 0 Å². The quantitative estimate of drug-likeness (QED) is 0.802. The van der Waals surface area contributed by atoms with E-state index in [1.54, 1.807) is 0 Å². The molecule has 2 aliphatic rings. The Morgan fingerprint density at radius 2 is 1.82 bits per heavy atom. The van der Waals surface area contributed by atoms with E-state index in [2.05, 4.69) is 25.7 Å². The Labute approximate surface area is 106 Å². The molecule has 0 bridgehead atoms. The molecule has 17 heavy (non-hydrogen) atoms. The van der Waals surface area contributed by atoms with Gasteiger partial charge in [-0.25, -0.2) is 0 Å². The van der Waals surface area contributed by atoms with Crippen molar-refractivity contribution in [3.05, 3.63) is 0 Å². The molecule has 1 heterocycles. The second-order valence-electron chi connectivity index (χ2n) is 6.03. The zero-order valence-corrected chi connectivity index (χ0v) is 11.6. The molecule has 100 valence electrons. The van der Waals surface area contributed by atoms with Gasteiger partial charge in [-0.3, -0.25) is 4.90 Å². The SMILES string of the molecule is CCC1CCC(N)C(N2C[C@@H](C)O[C@@H](C)C2)C1. The number of nitrogens with two attached hydrogens (primary N) is 1. The summed E-state index contributed by atoms with van der Waals surface area (Å²) >= 11 is 0. The lowest BCUT2D eigenvalue weighted by Crippen LogP contribution is -2.57. The molecular weight excluding hydrogens is 212 g/mol. The van der Waals surface area contributed by atoms with E-state index in [0.717, 1.165) is 19.0 Å². The molecule has 1 aliphatic heterocycles. The molecule has 0 aromatic rings. The first-order valence-electron chi connectivity index (χ1n) is 7.25. The van der Waals surface area contributed by atoms with Gasteiger partial charge in [-0.05, 0) is 39.0 Å². The molecule has 3 nitrogen and oxygen atoms in total. The second kappa shape index (κ2) is 5.68. The minimum absolute atomic E-state index is 0.355. The van der Waals surface area contributed by atoms with Crippen LogP contribution in [0.25, 0.3) is 0 Å². The lowest BCUT2D eigenvalue weighted by molar-refractivity contribution is -0.0887. The molecule has 2 rings (SSSR count). The molecule has 0 amide bonds. The van der Waals surface area contributed by atoms with E-state index in [4.69, 9.17) is 10.5 Å². The van der Waals surface area contributed by atoms with Crippen LogP contribution in [0.2, 0.25) is 0 Å². The van der Waals surface area contributed by atoms with Gasteiger partial charge in [0.2, 0.25) is 0 Å². The van der Waals surface area contributed by atoms with Crippen LogP contribution in [0.4, 0.5) is 0 Å². The van der Waals surface area contributed by atoms with E-state index in [1.165, 1.54) is 25.7 Å². The van der Waals surface area contributed by atoms with Gasteiger partial charge in [-0.1, -0.05) is 13.3 Å². The third-order valence-corrected chi connectivity index (χ3v) is 4.47. The summed E-state index contributed by atoms with van der Waals surface area (Å²) < 4.78 is 5.81. The van der Waals surface area contributed by atoms with Crippen LogP contribution in [-0.4, -0.2) is 42.3 Å². The maximum atomic E-state index is 6.34. The zero-order valence-electron chi connectivity index (χ0n) is 11.6. The van der Waals surface area contributed by atoms with Crippen molar-refractivity contribution in [2.24, 2.45) is 11.7 Å². The Balaban J connectivity index is 1.98. The predicted octanol–water partition coefficient (Wildman–Crippen LogP) is 2.00. The highest BCUT2D eigenvalue weighted by Gasteiger charge is 2.35. The maximum absolute atomic E-state index is 6.34. The van der Waals surface area contributed by atoms with E-state index in [-0.39, 0.29) is 0 Å². The smallest absolute Gasteiger partial charge is 0.0678 e. The average Bonchev–Trinajstić information content (AvgIpc) is 2.28. The minimum Gasteiger partial charge on any atom is -0.373 e. The molecule has 1 saturated heterocycles. The van der Waals surface area contributed by atoms with Gasteiger partial charge >= 0.3 is 0 Å². The molecule has 5 atom stereocenters. The highest BCUT2D eigenvalue weighted by Crippen LogP contribution is 2.30. The standard InChI is InChI=1S/C14H28N2O/c1-4-12-5-6-13(15)14(7-12)16-8-10(2)17-11(3)9-16/h10-14H,4-9,15H2,1-3H3/t10-,11+,12?,13?,14?. The zero-order chi connectivity index (χ0) is 12.4. The van der Waals surface area contributed by atoms with Gasteiger partial charge < -0.3 is 10.5 Å². The van der Waals surface area contributed by atoms with E-state index >= 15 is 0 Å². The monoisotopic (exact) mass is 240 g/mol. The number of morpholine rings is 1. The first-order valence-corrected chi connectivity index (χ1v) is 7.25. The molecule has 2 fully saturated rings. The van der Waals surface area contributed by atoms with Crippen LogP contribution in [0.15, 0.2) is 0 Å². The Hall–Kier alpha value is -0.120. The molecule has 1 saturated carbocycles. The van der Waals surface area contributed by atoms with Crippen molar-refractivity contribution in [3.8, 4) is 0 Å². The molecule has 0 spiro atoms. The normalized spacial score (nSPS) is 44.8. The summed E-state index contributed by atoms with van der Waals surface area (Å²) in [5.74, 6) is 0.883. The van der Waals surface area contributed by atoms with Crippen molar-refractivity contribution in [1.29, 1.82) is 0 Å². The Morgan fingerprint density at radius 3 is 2.41 bits per heavy atom. The van der Waals surface area contributed by atoms with Gasteiger partial charge in [0.1, 0.15) is 0 Å². The van der Waals surface area contributed by atoms with Crippen LogP contribution in [0.3, 0.4) is 0 Å². The number of hydrogen-bond donors (Lipinski definition) is 1. The number of nitrogens with zero attached hydrogens (tertiary/aromatic N) is 1. The lowest BCUT2D eigenvalue weighted by atomic mass is 9.80. The van der Waals surface area contributed by atoms with Crippen LogP contribution < -0.4 is 5.73 Å². The summed E-state index contributed by atoms with van der Waals surface area (Å²) in [5, 5.41) is 0. The third-order valence-electron chi connectivity index (χ3n) is 4.47. The molecule has 1 aliphatic carbocycles. The molecule has 0 aromatic carbocycles. The summed E-state index contributed by atoms with van der Waals surface area (Å²) in [6.45, 7) is 8.77. The van der Waals surface area contributed by atoms with Crippen molar-refractivity contribution in [2.45, 2.75) is 70.7 Å². The fourth-order valence-corrected chi connectivity index (χ4v) is 3.53. The van der Waals surface area contributed by atoms with Crippen molar-refractivity contribution >= 4 is 0 Å². The number of hydrogen-bond acceptors (Lipinski definition) is 3. The summed E-state index contributed by atoms with van der Waals surface area (Å²) in [6.07, 6.45) is 5.82. The molecule has 2 N–H and O–H groups in total. The van der Waals surface area contributed by atoms with Crippen LogP contribution in [0.1, 0.15) is 46.5 Å². The lowest BCUT2D eigenvalue weighted by Gasteiger charge is -2.45. The average molecular weight is 240 g/mol. The van der Waals surface area contributed by atoms with Crippen LogP contribution in [-0.2, 0) is 4.74 Å². The number of rotatable bonds is 2. The Morgan fingerprint density at radius 1 is 1.18 bits per heavy atom. The van der Waals surface area contributed by atoms with Crippen molar-refractivity contribution in [1.82, 2.24) is 4.90 Å². The van der Waals surface area contributed by atoms with Gasteiger partial charge in [-0.2, -0.15) is 0 Å². The third kappa shape index (κ3) is 3.21. The van der Waals surface area contributed by atoms with Crippen molar-refractivity contribution in [3.63, 3.8) is 0 Å². The van der Waals surface area contributed by atoms with Gasteiger partial charge in [0.15, 0.2) is 0 Å². The topological polar surface area (TPSA) is 38.5 Å². The van der Waals surface area contributed by atoms with Gasteiger partial charge in [0.05, 0.1) is 12.2 Å². The molecule has 0 radical (unpaired) electrons. The molecule has 3 unspecified atom stereocenters. The number of ether oxygens (including phenoxy) is 1. The van der Waals surface area contributed by atoms with Crippen molar-refractivity contribution < 1.29 is 4.74 Å². The molecule has 3 heteroatoms. The van der Waals surface area contributed by atoms with E-state index in [1.807, 2.05) is 0 Å². The Bertz CT molecular complexity index is 236. The van der Waals surface area contributed by atoms with Gasteiger partial charge in [0.25, 0.3) is 0 Å². The van der Waals surface area contributed by atoms with Crippen molar-refractivity contribution in [2.75, 3.05) is 13.1 Å². The maximum Gasteiger partial charge on any atom is 0.0678 e. The summed E-state index contributed by atoms with van der Waals surface area (Å²) in [4.78, 5) is 2.59. The van der Waals surface area contributed by atoms with Gasteiger partial charge in [0, 0.05) is 25.2 Å². The van der Waals surface area contributed by atoms with E-state index < -0.39 is 0 Å². The highest BCUT2D eigenvalue weighted by atomic mass is 16.5. The summed E-state index contributed by atoms with van der Waals surface area (Å²) in [5.41, 5.74) is 6.34. The van der Waals surface area contributed by atoms with E-state index in [0.29, 0.717) is 24.3 Å².